The summed E-state index contributed by atoms with van der Waals surface area (Å²) in [5.41, 5.74) is 0.0338. The van der Waals surface area contributed by atoms with E-state index in [-0.39, 0.29) is 17.8 Å². The fourth-order valence-corrected chi connectivity index (χ4v) is 1.61. The van der Waals surface area contributed by atoms with Crippen LogP contribution in [0.5, 0.6) is 0 Å². The van der Waals surface area contributed by atoms with Gasteiger partial charge in [-0.1, -0.05) is 6.08 Å². The van der Waals surface area contributed by atoms with Crippen molar-refractivity contribution < 1.29 is 14.5 Å². The van der Waals surface area contributed by atoms with Gasteiger partial charge in [-0.15, -0.1) is 6.58 Å². The standard InChI is InChI=1S/C10H13N3O4/c1-4-5-7(10(14)17-3)9-8(13(15)16)6-11-12(9)2/h4,6-7H,1,5H2,2-3H3/t7-/m1/s1. The minimum absolute atomic E-state index is 0.190. The number of nitro groups is 1. The molecule has 0 aliphatic carbocycles. The van der Waals surface area contributed by atoms with Crippen molar-refractivity contribution in [3.05, 3.63) is 34.7 Å². The van der Waals surface area contributed by atoms with Gasteiger partial charge in [0.05, 0.1) is 12.0 Å². The summed E-state index contributed by atoms with van der Waals surface area (Å²) in [4.78, 5) is 21.9. The molecule has 1 atom stereocenters. The SMILES string of the molecule is C=CC[C@@H](C(=O)OC)c1c([N+](=O)[O-])cnn1C. The van der Waals surface area contributed by atoms with Crippen molar-refractivity contribution in [1.29, 1.82) is 0 Å². The summed E-state index contributed by atoms with van der Waals surface area (Å²) >= 11 is 0. The molecule has 0 saturated heterocycles. The van der Waals surface area contributed by atoms with Gasteiger partial charge in [-0.05, 0) is 6.42 Å². The molecule has 0 aromatic carbocycles. The summed E-state index contributed by atoms with van der Waals surface area (Å²) in [6.45, 7) is 3.52. The predicted octanol–water partition coefficient (Wildman–Crippen LogP) is 1.16. The van der Waals surface area contributed by atoms with E-state index in [1.165, 1.54) is 17.9 Å². The molecule has 1 aromatic rings. The van der Waals surface area contributed by atoms with E-state index in [2.05, 4.69) is 16.4 Å². The Morgan fingerprint density at radius 1 is 1.82 bits per heavy atom. The molecule has 0 amide bonds. The Kier molecular flexibility index (Phi) is 3.97. The van der Waals surface area contributed by atoms with E-state index in [1.54, 1.807) is 7.05 Å². The fourth-order valence-electron chi connectivity index (χ4n) is 1.61. The average molecular weight is 239 g/mol. The second-order valence-corrected chi connectivity index (χ2v) is 3.40. The molecule has 92 valence electrons. The Hall–Kier alpha value is -2.18. The van der Waals surface area contributed by atoms with Crippen molar-refractivity contribution in [3.8, 4) is 0 Å². The molecule has 0 spiro atoms. The van der Waals surface area contributed by atoms with Gasteiger partial charge in [0.15, 0.2) is 0 Å². The Bertz CT molecular complexity index is 452. The first kappa shape index (κ1) is 12.9. The lowest BCUT2D eigenvalue weighted by molar-refractivity contribution is -0.385. The van der Waals surface area contributed by atoms with Gasteiger partial charge < -0.3 is 4.74 Å². The van der Waals surface area contributed by atoms with Crippen LogP contribution in [0.2, 0.25) is 0 Å². The largest absolute Gasteiger partial charge is 0.468 e. The Labute approximate surface area is 97.8 Å². The number of aryl methyl sites for hydroxylation is 1. The second kappa shape index (κ2) is 5.24. The molecule has 1 aromatic heterocycles. The van der Waals surface area contributed by atoms with Crippen LogP contribution in [0, 0.1) is 10.1 Å². The summed E-state index contributed by atoms with van der Waals surface area (Å²) in [6, 6.07) is 0. The molecule has 7 heteroatoms. The third-order valence-corrected chi connectivity index (χ3v) is 2.38. The molecular weight excluding hydrogens is 226 g/mol. The van der Waals surface area contributed by atoms with Crippen LogP contribution in [0.25, 0.3) is 0 Å². The van der Waals surface area contributed by atoms with Crippen LogP contribution in [-0.4, -0.2) is 27.8 Å². The maximum atomic E-state index is 11.6. The van der Waals surface area contributed by atoms with Crippen molar-refractivity contribution in [3.63, 3.8) is 0 Å². The van der Waals surface area contributed by atoms with Gasteiger partial charge in [-0.3, -0.25) is 19.6 Å². The van der Waals surface area contributed by atoms with E-state index in [0.29, 0.717) is 0 Å². The van der Waals surface area contributed by atoms with Gasteiger partial charge >= 0.3 is 11.7 Å². The number of esters is 1. The highest BCUT2D eigenvalue weighted by molar-refractivity contribution is 5.79. The Balaban J connectivity index is 3.26. The number of aromatic nitrogens is 2. The van der Waals surface area contributed by atoms with Crippen molar-refractivity contribution in [2.24, 2.45) is 7.05 Å². The number of ether oxygens (including phenoxy) is 1. The number of nitrogens with zero attached hydrogens (tertiary/aromatic N) is 3. The molecule has 0 aliphatic rings. The van der Waals surface area contributed by atoms with Crippen LogP contribution < -0.4 is 0 Å². The van der Waals surface area contributed by atoms with Gasteiger partial charge in [0.1, 0.15) is 17.8 Å². The predicted molar refractivity (Wildman–Crippen MR) is 59.4 cm³/mol. The van der Waals surface area contributed by atoms with Crippen LogP contribution in [0.3, 0.4) is 0 Å². The molecule has 0 saturated carbocycles. The maximum absolute atomic E-state index is 11.6. The zero-order valence-corrected chi connectivity index (χ0v) is 9.62. The smallest absolute Gasteiger partial charge is 0.315 e. The normalized spacial score (nSPS) is 11.9. The van der Waals surface area contributed by atoms with Gasteiger partial charge in [0.25, 0.3) is 0 Å². The molecule has 1 heterocycles. The number of hydrogen-bond acceptors (Lipinski definition) is 5. The monoisotopic (exact) mass is 239 g/mol. The second-order valence-electron chi connectivity index (χ2n) is 3.40. The highest BCUT2D eigenvalue weighted by Crippen LogP contribution is 2.29. The van der Waals surface area contributed by atoms with Crippen molar-refractivity contribution in [2.75, 3.05) is 7.11 Å². The van der Waals surface area contributed by atoms with Crippen LogP contribution >= 0.6 is 0 Å². The summed E-state index contributed by atoms with van der Waals surface area (Å²) in [5.74, 6) is -1.30. The zero-order valence-electron chi connectivity index (χ0n) is 9.62. The highest BCUT2D eigenvalue weighted by atomic mass is 16.6. The van der Waals surface area contributed by atoms with Crippen molar-refractivity contribution in [2.45, 2.75) is 12.3 Å². The van der Waals surface area contributed by atoms with Crippen molar-refractivity contribution >= 4 is 11.7 Å². The van der Waals surface area contributed by atoms with Crippen LogP contribution in [0.15, 0.2) is 18.9 Å². The number of carbonyl (C=O) groups excluding carboxylic acids is 1. The summed E-state index contributed by atoms with van der Waals surface area (Å²) in [7, 11) is 2.78. The molecule has 0 radical (unpaired) electrons. The number of carbonyl (C=O) groups is 1. The third kappa shape index (κ3) is 2.49. The fraction of sp³-hybridized carbons (Fsp3) is 0.400. The number of methoxy groups -OCH3 is 1. The van der Waals surface area contributed by atoms with Gasteiger partial charge in [0.2, 0.25) is 0 Å². The van der Waals surface area contributed by atoms with Crippen LogP contribution in [0.4, 0.5) is 5.69 Å². The van der Waals surface area contributed by atoms with Gasteiger partial charge in [-0.25, -0.2) is 0 Å². The molecule has 0 fully saturated rings. The summed E-state index contributed by atoms with van der Waals surface area (Å²) in [5, 5.41) is 14.6. The Morgan fingerprint density at radius 2 is 2.47 bits per heavy atom. The topological polar surface area (TPSA) is 87.3 Å². The number of allylic oxidation sites excluding steroid dienone is 1. The number of rotatable bonds is 5. The van der Waals surface area contributed by atoms with E-state index in [4.69, 9.17) is 0 Å². The molecule has 7 nitrogen and oxygen atoms in total. The van der Waals surface area contributed by atoms with E-state index in [9.17, 15) is 14.9 Å². The maximum Gasteiger partial charge on any atom is 0.315 e. The minimum Gasteiger partial charge on any atom is -0.468 e. The highest BCUT2D eigenvalue weighted by Gasteiger charge is 2.31. The van der Waals surface area contributed by atoms with E-state index < -0.39 is 16.8 Å². The number of hydrogen-bond donors (Lipinski definition) is 0. The van der Waals surface area contributed by atoms with E-state index >= 15 is 0 Å². The van der Waals surface area contributed by atoms with Crippen LogP contribution in [-0.2, 0) is 16.6 Å². The lowest BCUT2D eigenvalue weighted by Gasteiger charge is -2.12. The molecule has 0 aliphatic heterocycles. The summed E-state index contributed by atoms with van der Waals surface area (Å²) < 4.78 is 5.94. The first-order valence-electron chi connectivity index (χ1n) is 4.88. The van der Waals surface area contributed by atoms with Gasteiger partial charge in [0, 0.05) is 7.05 Å². The average Bonchev–Trinajstić information content (AvgIpc) is 2.67. The van der Waals surface area contributed by atoms with Gasteiger partial charge in [-0.2, -0.15) is 5.10 Å². The molecule has 0 unspecified atom stereocenters. The van der Waals surface area contributed by atoms with Crippen molar-refractivity contribution in [1.82, 2.24) is 9.78 Å². The molecule has 0 N–H and O–H groups in total. The molecule has 0 bridgehead atoms. The lowest BCUT2D eigenvalue weighted by atomic mass is 10.0. The van der Waals surface area contributed by atoms with E-state index in [1.807, 2.05) is 0 Å². The first-order valence-corrected chi connectivity index (χ1v) is 4.88. The zero-order chi connectivity index (χ0) is 13.0. The van der Waals surface area contributed by atoms with E-state index in [0.717, 1.165) is 6.20 Å². The first-order chi connectivity index (χ1) is 8.02. The lowest BCUT2D eigenvalue weighted by Crippen LogP contribution is -2.18. The third-order valence-electron chi connectivity index (χ3n) is 2.38. The molecule has 1 rings (SSSR count). The molecular formula is C10H13N3O4. The molecule has 17 heavy (non-hydrogen) atoms. The summed E-state index contributed by atoms with van der Waals surface area (Å²) in [6.07, 6.45) is 2.89. The van der Waals surface area contributed by atoms with Crippen LogP contribution in [0.1, 0.15) is 18.0 Å². The Morgan fingerprint density at radius 3 is 2.94 bits per heavy atom. The quantitative estimate of drug-likeness (QED) is 0.333. The minimum atomic E-state index is -0.759.